The van der Waals surface area contributed by atoms with Gasteiger partial charge in [0.25, 0.3) is 0 Å². The lowest BCUT2D eigenvalue weighted by atomic mass is 9.95. The fraction of sp³-hybridized carbons (Fsp3) is 0.667. The quantitative estimate of drug-likeness (QED) is 0.720. The molecule has 0 bridgehead atoms. The Morgan fingerprint density at radius 2 is 1.79 bits per heavy atom. The maximum absolute atomic E-state index is 4.62. The van der Waals surface area contributed by atoms with Crippen LogP contribution in [-0.4, -0.2) is 9.97 Å². The standard InChI is InChI=1S/C12H20N2/c1-6-9-8-13-11(12(3,4)5)14-10(9)7-2/h8H,6-7H2,1-5H3. The van der Waals surface area contributed by atoms with Crippen LogP contribution in [0.15, 0.2) is 6.20 Å². The molecule has 14 heavy (non-hydrogen) atoms. The average molecular weight is 192 g/mol. The first-order valence-corrected chi connectivity index (χ1v) is 5.34. The Kier molecular flexibility index (Phi) is 3.25. The molecule has 0 aliphatic carbocycles. The minimum atomic E-state index is 0.0518. The van der Waals surface area contributed by atoms with Gasteiger partial charge >= 0.3 is 0 Å². The topological polar surface area (TPSA) is 25.8 Å². The zero-order valence-electron chi connectivity index (χ0n) is 9.89. The van der Waals surface area contributed by atoms with E-state index in [2.05, 4.69) is 44.6 Å². The van der Waals surface area contributed by atoms with Crippen LogP contribution in [0, 0.1) is 0 Å². The molecule has 0 saturated heterocycles. The van der Waals surface area contributed by atoms with Crippen LogP contribution in [0.25, 0.3) is 0 Å². The van der Waals surface area contributed by atoms with Gasteiger partial charge in [-0.3, -0.25) is 0 Å². The summed E-state index contributed by atoms with van der Waals surface area (Å²) in [6.45, 7) is 10.7. The minimum Gasteiger partial charge on any atom is -0.241 e. The van der Waals surface area contributed by atoms with Gasteiger partial charge in [0, 0.05) is 17.3 Å². The van der Waals surface area contributed by atoms with Gasteiger partial charge in [0.1, 0.15) is 5.82 Å². The summed E-state index contributed by atoms with van der Waals surface area (Å²) in [5.74, 6) is 0.951. The molecule has 1 aromatic heterocycles. The number of nitrogens with zero attached hydrogens (tertiary/aromatic N) is 2. The largest absolute Gasteiger partial charge is 0.241 e. The van der Waals surface area contributed by atoms with Crippen molar-refractivity contribution in [2.45, 2.75) is 52.9 Å². The van der Waals surface area contributed by atoms with Crippen molar-refractivity contribution in [1.82, 2.24) is 9.97 Å². The Bertz CT molecular complexity index is 311. The SMILES string of the molecule is CCc1cnc(C(C)(C)C)nc1CC. The van der Waals surface area contributed by atoms with E-state index in [1.54, 1.807) is 0 Å². The first kappa shape index (κ1) is 11.2. The predicted molar refractivity (Wildman–Crippen MR) is 59.5 cm³/mol. The molecular weight excluding hydrogens is 172 g/mol. The van der Waals surface area contributed by atoms with Crippen molar-refractivity contribution in [2.24, 2.45) is 0 Å². The van der Waals surface area contributed by atoms with Crippen molar-refractivity contribution in [2.75, 3.05) is 0 Å². The van der Waals surface area contributed by atoms with Crippen molar-refractivity contribution in [1.29, 1.82) is 0 Å². The van der Waals surface area contributed by atoms with Gasteiger partial charge in [-0.15, -0.1) is 0 Å². The third kappa shape index (κ3) is 2.31. The lowest BCUT2D eigenvalue weighted by Gasteiger charge is -2.18. The maximum Gasteiger partial charge on any atom is 0.133 e. The minimum absolute atomic E-state index is 0.0518. The predicted octanol–water partition coefficient (Wildman–Crippen LogP) is 2.90. The Morgan fingerprint density at radius 1 is 1.14 bits per heavy atom. The zero-order valence-corrected chi connectivity index (χ0v) is 9.89. The molecule has 78 valence electrons. The van der Waals surface area contributed by atoms with Gasteiger partial charge in [-0.2, -0.15) is 0 Å². The zero-order chi connectivity index (χ0) is 10.8. The molecular formula is C12H20N2. The van der Waals surface area contributed by atoms with Crippen molar-refractivity contribution >= 4 is 0 Å². The molecule has 2 nitrogen and oxygen atoms in total. The Labute approximate surface area is 86.8 Å². The second kappa shape index (κ2) is 4.07. The highest BCUT2D eigenvalue weighted by molar-refractivity contribution is 5.19. The van der Waals surface area contributed by atoms with Crippen LogP contribution < -0.4 is 0 Å². The van der Waals surface area contributed by atoms with Crippen LogP contribution in [0.1, 0.15) is 51.7 Å². The summed E-state index contributed by atoms with van der Waals surface area (Å²) in [5, 5.41) is 0. The molecule has 0 unspecified atom stereocenters. The molecule has 0 N–H and O–H groups in total. The summed E-state index contributed by atoms with van der Waals surface area (Å²) in [7, 11) is 0. The van der Waals surface area contributed by atoms with Crippen molar-refractivity contribution in [3.8, 4) is 0 Å². The second-order valence-electron chi connectivity index (χ2n) is 4.62. The summed E-state index contributed by atoms with van der Waals surface area (Å²) < 4.78 is 0. The molecule has 2 heteroatoms. The van der Waals surface area contributed by atoms with Crippen LogP contribution in [0.5, 0.6) is 0 Å². The summed E-state index contributed by atoms with van der Waals surface area (Å²) in [6, 6.07) is 0. The smallest absolute Gasteiger partial charge is 0.133 e. The van der Waals surface area contributed by atoms with Gasteiger partial charge in [-0.1, -0.05) is 34.6 Å². The summed E-state index contributed by atoms with van der Waals surface area (Å²) in [6.07, 6.45) is 3.99. The van der Waals surface area contributed by atoms with E-state index >= 15 is 0 Å². The molecule has 0 amide bonds. The van der Waals surface area contributed by atoms with E-state index in [4.69, 9.17) is 0 Å². The number of aromatic nitrogens is 2. The summed E-state index contributed by atoms with van der Waals surface area (Å²) in [5.41, 5.74) is 2.53. The fourth-order valence-electron chi connectivity index (χ4n) is 1.40. The molecule has 1 heterocycles. The number of aryl methyl sites for hydroxylation is 2. The van der Waals surface area contributed by atoms with Gasteiger partial charge in [-0.25, -0.2) is 9.97 Å². The van der Waals surface area contributed by atoms with E-state index in [0.29, 0.717) is 0 Å². The molecule has 0 radical (unpaired) electrons. The van der Waals surface area contributed by atoms with Crippen molar-refractivity contribution in [3.63, 3.8) is 0 Å². The van der Waals surface area contributed by atoms with Crippen LogP contribution in [0.3, 0.4) is 0 Å². The molecule has 1 aromatic rings. The van der Waals surface area contributed by atoms with Gasteiger partial charge < -0.3 is 0 Å². The number of rotatable bonds is 2. The third-order valence-electron chi connectivity index (χ3n) is 2.34. The van der Waals surface area contributed by atoms with Crippen LogP contribution in [-0.2, 0) is 18.3 Å². The first-order valence-electron chi connectivity index (χ1n) is 5.34. The Hall–Kier alpha value is -0.920. The molecule has 0 fully saturated rings. The van der Waals surface area contributed by atoms with Gasteiger partial charge in [0.2, 0.25) is 0 Å². The van der Waals surface area contributed by atoms with Gasteiger partial charge in [-0.05, 0) is 18.4 Å². The first-order chi connectivity index (χ1) is 6.49. The number of hydrogen-bond acceptors (Lipinski definition) is 2. The van der Waals surface area contributed by atoms with E-state index in [1.165, 1.54) is 11.3 Å². The van der Waals surface area contributed by atoms with E-state index in [9.17, 15) is 0 Å². The van der Waals surface area contributed by atoms with Crippen LogP contribution >= 0.6 is 0 Å². The van der Waals surface area contributed by atoms with Crippen molar-refractivity contribution < 1.29 is 0 Å². The normalized spacial score (nSPS) is 11.8. The Balaban J connectivity index is 3.14. The molecule has 0 atom stereocenters. The van der Waals surface area contributed by atoms with Gasteiger partial charge in [0.05, 0.1) is 0 Å². The molecule has 0 aliphatic heterocycles. The highest BCUT2D eigenvalue weighted by Gasteiger charge is 2.18. The van der Waals surface area contributed by atoms with E-state index in [-0.39, 0.29) is 5.41 Å². The molecule has 1 rings (SSSR count). The lowest BCUT2D eigenvalue weighted by Crippen LogP contribution is -2.17. The second-order valence-corrected chi connectivity index (χ2v) is 4.62. The van der Waals surface area contributed by atoms with E-state index < -0.39 is 0 Å². The summed E-state index contributed by atoms with van der Waals surface area (Å²) in [4.78, 5) is 9.04. The highest BCUT2D eigenvalue weighted by Crippen LogP contribution is 2.19. The average Bonchev–Trinajstić information content (AvgIpc) is 2.15. The molecule has 0 aliphatic rings. The monoisotopic (exact) mass is 192 g/mol. The van der Waals surface area contributed by atoms with Gasteiger partial charge in [0.15, 0.2) is 0 Å². The van der Waals surface area contributed by atoms with E-state index in [1.807, 2.05) is 6.20 Å². The maximum atomic E-state index is 4.62. The van der Waals surface area contributed by atoms with Crippen LogP contribution in [0.2, 0.25) is 0 Å². The molecule has 0 saturated carbocycles. The third-order valence-corrected chi connectivity index (χ3v) is 2.34. The highest BCUT2D eigenvalue weighted by atomic mass is 14.9. The number of hydrogen-bond donors (Lipinski definition) is 0. The fourth-order valence-corrected chi connectivity index (χ4v) is 1.40. The Morgan fingerprint density at radius 3 is 2.21 bits per heavy atom. The lowest BCUT2D eigenvalue weighted by molar-refractivity contribution is 0.540. The summed E-state index contributed by atoms with van der Waals surface area (Å²) >= 11 is 0. The molecule has 0 aromatic carbocycles. The molecule has 0 spiro atoms. The van der Waals surface area contributed by atoms with Crippen molar-refractivity contribution in [3.05, 3.63) is 23.3 Å². The van der Waals surface area contributed by atoms with E-state index in [0.717, 1.165) is 18.7 Å². The van der Waals surface area contributed by atoms with Crippen LogP contribution in [0.4, 0.5) is 0 Å².